The monoisotopic (exact) mass is 426 g/mol. The molecule has 2 aromatic carbocycles. The number of aryl methyl sites for hydroxylation is 1. The van der Waals surface area contributed by atoms with Gasteiger partial charge in [0, 0.05) is 31.7 Å². The third-order valence-electron chi connectivity index (χ3n) is 4.95. The van der Waals surface area contributed by atoms with Gasteiger partial charge in [-0.2, -0.15) is 17.5 Å². The van der Waals surface area contributed by atoms with Crippen molar-refractivity contribution in [2.75, 3.05) is 26.2 Å². The number of benzene rings is 2. The maximum Gasteiger partial charge on any atom is 0.416 e. The Hall–Kier alpha value is -2.39. The average molecular weight is 426 g/mol. The minimum atomic E-state index is -4.52. The summed E-state index contributed by atoms with van der Waals surface area (Å²) in [6.07, 6.45) is -3.65. The molecule has 0 radical (unpaired) electrons. The van der Waals surface area contributed by atoms with Crippen LogP contribution in [-0.4, -0.2) is 49.7 Å². The molecule has 156 valence electrons. The van der Waals surface area contributed by atoms with Crippen LogP contribution in [0.15, 0.2) is 53.4 Å². The van der Waals surface area contributed by atoms with E-state index in [4.69, 9.17) is 0 Å². The Morgan fingerprint density at radius 2 is 1.48 bits per heavy atom. The first-order valence-corrected chi connectivity index (χ1v) is 10.6. The molecular formula is C20H21F3N2O3S. The Morgan fingerprint density at radius 3 is 1.97 bits per heavy atom. The fourth-order valence-corrected chi connectivity index (χ4v) is 4.58. The number of amides is 1. The van der Waals surface area contributed by atoms with Crippen LogP contribution >= 0.6 is 0 Å². The number of halogens is 3. The second-order valence-corrected chi connectivity index (χ2v) is 8.71. The zero-order chi connectivity index (χ0) is 21.2. The number of hydrogen-bond donors (Lipinski definition) is 0. The van der Waals surface area contributed by atoms with E-state index in [1.807, 2.05) is 19.1 Å². The van der Waals surface area contributed by atoms with Crippen molar-refractivity contribution in [3.63, 3.8) is 0 Å². The Kier molecular flexibility index (Phi) is 6.00. The van der Waals surface area contributed by atoms with Gasteiger partial charge < -0.3 is 4.90 Å². The largest absolute Gasteiger partial charge is 0.416 e. The summed E-state index contributed by atoms with van der Waals surface area (Å²) in [5.41, 5.74) is 0.760. The maximum atomic E-state index is 12.7. The van der Waals surface area contributed by atoms with E-state index in [-0.39, 0.29) is 37.0 Å². The predicted molar refractivity (Wildman–Crippen MR) is 102 cm³/mol. The van der Waals surface area contributed by atoms with Gasteiger partial charge in [0.2, 0.25) is 10.0 Å². The van der Waals surface area contributed by atoms with Crippen LogP contribution in [0.1, 0.15) is 28.4 Å². The van der Waals surface area contributed by atoms with Crippen molar-refractivity contribution >= 4 is 15.9 Å². The molecule has 5 nitrogen and oxygen atoms in total. The van der Waals surface area contributed by atoms with Gasteiger partial charge in [0.25, 0.3) is 5.91 Å². The molecule has 1 aliphatic rings. The molecule has 1 heterocycles. The zero-order valence-corrected chi connectivity index (χ0v) is 16.6. The normalized spacial score (nSPS) is 16.1. The molecule has 3 rings (SSSR count). The maximum absolute atomic E-state index is 12.7. The Morgan fingerprint density at radius 1 is 0.931 bits per heavy atom. The minimum absolute atomic E-state index is 0.0855. The molecule has 0 aromatic heterocycles. The van der Waals surface area contributed by atoms with Gasteiger partial charge in [0.1, 0.15) is 0 Å². The Bertz CT molecular complexity index is 964. The molecule has 9 heteroatoms. The molecule has 0 saturated carbocycles. The number of sulfonamides is 1. The van der Waals surface area contributed by atoms with E-state index in [0.29, 0.717) is 5.56 Å². The van der Waals surface area contributed by atoms with Gasteiger partial charge in [-0.05, 0) is 48.4 Å². The third kappa shape index (κ3) is 4.62. The lowest BCUT2D eigenvalue weighted by Gasteiger charge is -2.34. The van der Waals surface area contributed by atoms with Gasteiger partial charge in [-0.15, -0.1) is 0 Å². The van der Waals surface area contributed by atoms with Crippen LogP contribution in [0.4, 0.5) is 13.2 Å². The summed E-state index contributed by atoms with van der Waals surface area (Å²) in [6, 6.07) is 10.7. The second kappa shape index (κ2) is 8.16. The van der Waals surface area contributed by atoms with Crippen LogP contribution in [0.5, 0.6) is 0 Å². The van der Waals surface area contributed by atoms with Crippen LogP contribution < -0.4 is 0 Å². The Labute approximate surface area is 167 Å². The smallest absolute Gasteiger partial charge is 0.336 e. The first kappa shape index (κ1) is 21.3. The fourth-order valence-electron chi connectivity index (χ4n) is 3.16. The van der Waals surface area contributed by atoms with Crippen molar-refractivity contribution in [3.8, 4) is 0 Å². The highest BCUT2D eigenvalue weighted by Gasteiger charge is 2.33. The molecule has 2 aromatic rings. The van der Waals surface area contributed by atoms with Crippen molar-refractivity contribution < 1.29 is 26.4 Å². The van der Waals surface area contributed by atoms with Gasteiger partial charge in [-0.1, -0.05) is 19.1 Å². The lowest BCUT2D eigenvalue weighted by atomic mass is 10.1. The first-order valence-electron chi connectivity index (χ1n) is 9.18. The number of carbonyl (C=O) groups excluding carboxylic acids is 1. The summed E-state index contributed by atoms with van der Waals surface area (Å²) in [5.74, 6) is -0.167. The highest BCUT2D eigenvalue weighted by atomic mass is 32.2. The third-order valence-corrected chi connectivity index (χ3v) is 6.87. The summed E-state index contributed by atoms with van der Waals surface area (Å²) in [4.78, 5) is 14.0. The molecule has 29 heavy (non-hydrogen) atoms. The number of hydrogen-bond acceptors (Lipinski definition) is 3. The molecule has 0 bridgehead atoms. The van der Waals surface area contributed by atoms with E-state index >= 15 is 0 Å². The SMILES string of the molecule is CCc1ccc(C(=O)N2CCN(S(=O)(=O)c3ccc(C(F)(F)F)cc3)CC2)cc1. The topological polar surface area (TPSA) is 57.7 Å². The fraction of sp³-hybridized carbons (Fsp3) is 0.350. The molecular weight excluding hydrogens is 405 g/mol. The summed E-state index contributed by atoms with van der Waals surface area (Å²) in [7, 11) is -3.92. The summed E-state index contributed by atoms with van der Waals surface area (Å²) in [5, 5.41) is 0. The molecule has 1 saturated heterocycles. The van der Waals surface area contributed by atoms with Crippen molar-refractivity contribution in [3.05, 3.63) is 65.2 Å². The van der Waals surface area contributed by atoms with Gasteiger partial charge in [-0.25, -0.2) is 8.42 Å². The van der Waals surface area contributed by atoms with E-state index in [2.05, 4.69) is 0 Å². The lowest BCUT2D eigenvalue weighted by Crippen LogP contribution is -2.50. The predicted octanol–water partition coefficient (Wildman–Crippen LogP) is 3.41. The molecule has 0 atom stereocenters. The van der Waals surface area contributed by atoms with Crippen LogP contribution in [0.3, 0.4) is 0 Å². The molecule has 0 N–H and O–H groups in total. The van der Waals surface area contributed by atoms with Gasteiger partial charge >= 0.3 is 6.18 Å². The molecule has 0 aliphatic carbocycles. The molecule has 1 fully saturated rings. The number of nitrogens with zero attached hydrogens (tertiary/aromatic N) is 2. The van der Waals surface area contributed by atoms with Gasteiger partial charge in [-0.3, -0.25) is 4.79 Å². The highest BCUT2D eigenvalue weighted by molar-refractivity contribution is 7.89. The van der Waals surface area contributed by atoms with Crippen LogP contribution in [0, 0.1) is 0 Å². The van der Waals surface area contributed by atoms with Crippen molar-refractivity contribution in [1.29, 1.82) is 0 Å². The quantitative estimate of drug-likeness (QED) is 0.753. The first-order chi connectivity index (χ1) is 13.6. The van der Waals surface area contributed by atoms with E-state index in [9.17, 15) is 26.4 Å². The van der Waals surface area contributed by atoms with Crippen molar-refractivity contribution in [2.45, 2.75) is 24.4 Å². The minimum Gasteiger partial charge on any atom is -0.336 e. The van der Waals surface area contributed by atoms with Crippen molar-refractivity contribution in [2.24, 2.45) is 0 Å². The Balaban J connectivity index is 1.66. The van der Waals surface area contributed by atoms with Gasteiger partial charge in [0.15, 0.2) is 0 Å². The number of rotatable bonds is 4. The number of alkyl halides is 3. The second-order valence-electron chi connectivity index (χ2n) is 6.77. The van der Waals surface area contributed by atoms with Crippen LogP contribution in [0.2, 0.25) is 0 Å². The molecule has 1 aliphatic heterocycles. The number of carbonyl (C=O) groups is 1. The summed E-state index contributed by atoms with van der Waals surface area (Å²) in [6.45, 7) is 2.62. The van der Waals surface area contributed by atoms with E-state index in [0.717, 1.165) is 36.2 Å². The molecule has 1 amide bonds. The summed E-state index contributed by atoms with van der Waals surface area (Å²) >= 11 is 0. The van der Waals surface area contributed by atoms with Gasteiger partial charge in [0.05, 0.1) is 10.5 Å². The summed E-state index contributed by atoms with van der Waals surface area (Å²) < 4.78 is 64.6. The highest BCUT2D eigenvalue weighted by Crippen LogP contribution is 2.30. The average Bonchev–Trinajstić information content (AvgIpc) is 2.73. The van der Waals surface area contributed by atoms with Crippen LogP contribution in [0.25, 0.3) is 0 Å². The van der Waals surface area contributed by atoms with E-state index < -0.39 is 21.8 Å². The van der Waals surface area contributed by atoms with E-state index in [1.165, 1.54) is 4.31 Å². The standard InChI is InChI=1S/C20H21F3N2O3S/c1-2-15-3-5-16(6-4-15)19(26)24-11-13-25(14-12-24)29(27,28)18-9-7-17(8-10-18)20(21,22)23/h3-10H,2,11-14H2,1H3. The number of piperazine rings is 1. The van der Waals surface area contributed by atoms with Crippen LogP contribution in [-0.2, 0) is 22.6 Å². The zero-order valence-electron chi connectivity index (χ0n) is 15.8. The lowest BCUT2D eigenvalue weighted by molar-refractivity contribution is -0.137. The molecule has 0 spiro atoms. The van der Waals surface area contributed by atoms with Crippen molar-refractivity contribution in [1.82, 2.24) is 9.21 Å². The van der Waals surface area contributed by atoms with E-state index in [1.54, 1.807) is 17.0 Å². The molecule has 0 unspecified atom stereocenters.